The van der Waals surface area contributed by atoms with Crippen LogP contribution in [0.25, 0.3) is 5.83 Å². The van der Waals surface area contributed by atoms with Crippen molar-refractivity contribution in [2.24, 2.45) is 4.99 Å². The lowest BCUT2D eigenvalue weighted by Gasteiger charge is -2.25. The van der Waals surface area contributed by atoms with E-state index in [2.05, 4.69) is 15.0 Å². The largest absolute Gasteiger partial charge is 0.312 e. The maximum absolute atomic E-state index is 14.1. The highest BCUT2D eigenvalue weighted by Crippen LogP contribution is 2.35. The summed E-state index contributed by atoms with van der Waals surface area (Å²) in [4.78, 5) is 14.3. The summed E-state index contributed by atoms with van der Waals surface area (Å²) < 4.78 is 14.1. The maximum atomic E-state index is 14.1. The number of halogens is 2. The molecule has 0 saturated carbocycles. The third-order valence-electron chi connectivity index (χ3n) is 2.66. The summed E-state index contributed by atoms with van der Waals surface area (Å²) in [6.07, 6.45) is 3.45. The Bertz CT molecular complexity index is 557. The summed E-state index contributed by atoms with van der Waals surface area (Å²) >= 11 is 7.34. The van der Waals surface area contributed by atoms with Crippen LogP contribution in [0.5, 0.6) is 0 Å². The van der Waals surface area contributed by atoms with E-state index in [9.17, 15) is 4.39 Å². The molecule has 2 aliphatic rings. The molecule has 7 heteroatoms. The van der Waals surface area contributed by atoms with E-state index in [0.29, 0.717) is 29.6 Å². The molecule has 4 nitrogen and oxygen atoms in total. The summed E-state index contributed by atoms with van der Waals surface area (Å²) in [5, 5.41) is 0.593. The van der Waals surface area contributed by atoms with Crippen LogP contribution in [-0.4, -0.2) is 40.0 Å². The van der Waals surface area contributed by atoms with Crippen molar-refractivity contribution >= 4 is 35.0 Å². The molecule has 0 radical (unpaired) electrons. The van der Waals surface area contributed by atoms with Crippen LogP contribution in [-0.2, 0) is 0 Å². The Hall–Kier alpha value is -1.14. The number of hydrogen-bond donors (Lipinski definition) is 0. The van der Waals surface area contributed by atoms with Crippen molar-refractivity contribution in [2.75, 3.05) is 19.3 Å². The first-order chi connectivity index (χ1) is 8.22. The second-order valence-corrected chi connectivity index (χ2v) is 4.71. The maximum Gasteiger partial charge on any atom is 0.187 e. The smallest absolute Gasteiger partial charge is 0.187 e. The molecule has 17 heavy (non-hydrogen) atoms. The van der Waals surface area contributed by atoms with Gasteiger partial charge in [-0.3, -0.25) is 4.99 Å². The van der Waals surface area contributed by atoms with Crippen LogP contribution >= 0.6 is 23.4 Å². The van der Waals surface area contributed by atoms with Crippen molar-refractivity contribution in [3.8, 4) is 0 Å². The molecular formula is C10H8ClFN4S. The van der Waals surface area contributed by atoms with Crippen LogP contribution in [0.2, 0.25) is 0 Å². The van der Waals surface area contributed by atoms with E-state index in [1.54, 1.807) is 11.1 Å². The number of hydrogen-bond acceptors (Lipinski definition) is 5. The first kappa shape index (κ1) is 11.0. The van der Waals surface area contributed by atoms with Gasteiger partial charge in [0, 0.05) is 12.7 Å². The van der Waals surface area contributed by atoms with E-state index in [4.69, 9.17) is 11.6 Å². The molecule has 0 fully saturated rings. The van der Waals surface area contributed by atoms with Gasteiger partial charge in [-0.25, -0.2) is 14.4 Å². The molecule has 0 aromatic carbocycles. The van der Waals surface area contributed by atoms with Gasteiger partial charge in [-0.2, -0.15) is 0 Å². The second kappa shape index (κ2) is 3.96. The van der Waals surface area contributed by atoms with Gasteiger partial charge in [0.2, 0.25) is 0 Å². The predicted molar refractivity (Wildman–Crippen MR) is 65.8 cm³/mol. The van der Waals surface area contributed by atoms with Crippen LogP contribution < -0.4 is 0 Å². The zero-order chi connectivity index (χ0) is 12.0. The number of aliphatic imine (C=N–C) groups is 1. The van der Waals surface area contributed by atoms with Crippen molar-refractivity contribution in [2.45, 2.75) is 5.16 Å². The summed E-state index contributed by atoms with van der Waals surface area (Å²) in [6.45, 7) is 1.22. The van der Waals surface area contributed by atoms with Gasteiger partial charge in [0.25, 0.3) is 0 Å². The number of fused-ring (bicyclic) bond motifs is 3. The Labute approximate surface area is 107 Å². The number of rotatable bonds is 1. The Kier molecular flexibility index (Phi) is 2.56. The van der Waals surface area contributed by atoms with Gasteiger partial charge in [-0.05, 0) is 6.26 Å². The highest BCUT2D eigenvalue weighted by atomic mass is 35.5. The average molecular weight is 271 g/mol. The van der Waals surface area contributed by atoms with E-state index < -0.39 is 5.83 Å². The first-order valence-corrected chi connectivity index (χ1v) is 6.61. The third kappa shape index (κ3) is 1.55. The molecule has 0 bridgehead atoms. The van der Waals surface area contributed by atoms with Crippen molar-refractivity contribution < 1.29 is 4.39 Å². The highest BCUT2D eigenvalue weighted by molar-refractivity contribution is 7.98. The number of aromatic nitrogens is 2. The molecule has 0 atom stereocenters. The second-order valence-electron chi connectivity index (χ2n) is 3.58. The molecule has 0 N–H and O–H groups in total. The van der Waals surface area contributed by atoms with Gasteiger partial charge in [0.05, 0.1) is 12.1 Å². The third-order valence-corrected chi connectivity index (χ3v) is 3.59. The van der Waals surface area contributed by atoms with Crippen molar-refractivity contribution in [3.05, 3.63) is 22.6 Å². The van der Waals surface area contributed by atoms with Crippen LogP contribution in [0.4, 0.5) is 4.39 Å². The van der Waals surface area contributed by atoms with Gasteiger partial charge in [0.1, 0.15) is 16.7 Å². The molecule has 0 amide bonds. The van der Waals surface area contributed by atoms with E-state index in [1.807, 2.05) is 6.26 Å². The highest BCUT2D eigenvalue weighted by Gasteiger charge is 2.33. The standard InChI is InChI=1S/C10H8ClFN4S/c1-17-10-14-4-5-7(15-10)6(12)8(11)16-3-2-13-9(5)16/h4H,2-3H2,1H3. The Morgan fingerprint density at radius 1 is 1.53 bits per heavy atom. The predicted octanol–water partition coefficient (Wildman–Crippen LogP) is 2.11. The van der Waals surface area contributed by atoms with Crippen LogP contribution in [0.15, 0.2) is 21.5 Å². The average Bonchev–Trinajstić information content (AvgIpc) is 2.84. The van der Waals surface area contributed by atoms with E-state index in [1.165, 1.54) is 11.8 Å². The molecule has 1 aromatic heterocycles. The van der Waals surface area contributed by atoms with Gasteiger partial charge < -0.3 is 4.90 Å². The minimum atomic E-state index is -0.500. The fourth-order valence-corrected chi connectivity index (χ4v) is 2.47. The lowest BCUT2D eigenvalue weighted by Crippen LogP contribution is -2.31. The monoisotopic (exact) mass is 270 g/mol. The molecule has 3 heterocycles. The Morgan fingerprint density at radius 3 is 3.12 bits per heavy atom. The Morgan fingerprint density at radius 2 is 2.35 bits per heavy atom. The molecule has 1 aromatic rings. The summed E-state index contributed by atoms with van der Waals surface area (Å²) in [5.41, 5.74) is 0.855. The Balaban J connectivity index is 2.24. The molecule has 3 rings (SSSR count). The molecule has 0 saturated heterocycles. The normalized spacial score (nSPS) is 18.1. The molecule has 2 aliphatic heterocycles. The zero-order valence-corrected chi connectivity index (χ0v) is 10.5. The van der Waals surface area contributed by atoms with Crippen molar-refractivity contribution in [3.63, 3.8) is 0 Å². The first-order valence-electron chi connectivity index (χ1n) is 5.01. The van der Waals surface area contributed by atoms with Crippen molar-refractivity contribution in [1.82, 2.24) is 14.9 Å². The van der Waals surface area contributed by atoms with Crippen LogP contribution in [0, 0.1) is 0 Å². The van der Waals surface area contributed by atoms with E-state index in [0.717, 1.165) is 0 Å². The van der Waals surface area contributed by atoms with Gasteiger partial charge in [-0.15, -0.1) is 0 Å². The molecule has 0 unspecified atom stereocenters. The molecule has 88 valence electrons. The van der Waals surface area contributed by atoms with Crippen LogP contribution in [0.1, 0.15) is 11.3 Å². The SMILES string of the molecule is CSc1ncc2c(n1)C(F)=C(Cl)N1CCN=C21. The minimum absolute atomic E-state index is 0.0690. The van der Waals surface area contributed by atoms with Gasteiger partial charge in [-0.1, -0.05) is 23.4 Å². The molecule has 0 aliphatic carbocycles. The zero-order valence-electron chi connectivity index (χ0n) is 8.94. The number of nitrogens with zero attached hydrogens (tertiary/aromatic N) is 4. The fraction of sp³-hybridized carbons (Fsp3) is 0.300. The van der Waals surface area contributed by atoms with Gasteiger partial charge in [0.15, 0.2) is 11.0 Å². The quantitative estimate of drug-likeness (QED) is 0.445. The lowest BCUT2D eigenvalue weighted by atomic mass is 10.1. The molecule has 0 spiro atoms. The minimum Gasteiger partial charge on any atom is -0.312 e. The van der Waals surface area contributed by atoms with Gasteiger partial charge >= 0.3 is 0 Å². The van der Waals surface area contributed by atoms with E-state index >= 15 is 0 Å². The number of thioether (sulfide) groups is 1. The van der Waals surface area contributed by atoms with Crippen molar-refractivity contribution in [1.29, 1.82) is 0 Å². The fourth-order valence-electron chi connectivity index (χ4n) is 1.88. The van der Waals surface area contributed by atoms with Crippen LogP contribution in [0.3, 0.4) is 0 Å². The topological polar surface area (TPSA) is 41.4 Å². The lowest BCUT2D eigenvalue weighted by molar-refractivity contribution is 0.570. The molecular weight excluding hydrogens is 263 g/mol. The summed E-state index contributed by atoms with van der Waals surface area (Å²) in [6, 6.07) is 0. The summed E-state index contributed by atoms with van der Waals surface area (Å²) in [7, 11) is 0. The number of amidine groups is 1. The van der Waals surface area contributed by atoms with E-state index in [-0.39, 0.29) is 10.9 Å². The summed E-state index contributed by atoms with van der Waals surface area (Å²) in [5.74, 6) is 0.166.